The normalized spacial score (nSPS) is 17.1. The molecular weight excluding hydrogens is 252 g/mol. The Bertz CT molecular complexity index is 654. The van der Waals surface area contributed by atoms with E-state index in [9.17, 15) is 10.1 Å². The summed E-state index contributed by atoms with van der Waals surface area (Å²) >= 11 is 0. The lowest BCUT2D eigenvalue weighted by Gasteiger charge is -2.24. The van der Waals surface area contributed by atoms with E-state index in [0.717, 1.165) is 12.0 Å². The zero-order valence-electron chi connectivity index (χ0n) is 11.3. The number of nitrogens with zero attached hydrogens (tertiary/aromatic N) is 2. The maximum atomic E-state index is 10.8. The zero-order chi connectivity index (χ0) is 14.1. The Kier molecular flexibility index (Phi) is 3.14. The highest BCUT2D eigenvalue weighted by Gasteiger charge is 2.25. The first-order valence-electron chi connectivity index (χ1n) is 6.73. The van der Waals surface area contributed by atoms with Gasteiger partial charge in [0.25, 0.3) is 5.69 Å². The Morgan fingerprint density at radius 1 is 1.25 bits per heavy atom. The Labute approximate surface area is 117 Å². The van der Waals surface area contributed by atoms with E-state index in [2.05, 4.69) is 30.0 Å². The summed E-state index contributed by atoms with van der Waals surface area (Å²) in [7, 11) is 0. The molecule has 0 aliphatic carbocycles. The number of anilines is 1. The van der Waals surface area contributed by atoms with Crippen LogP contribution in [0.3, 0.4) is 0 Å². The molecule has 0 saturated heterocycles. The van der Waals surface area contributed by atoms with Crippen molar-refractivity contribution in [3.05, 3.63) is 69.8 Å². The van der Waals surface area contributed by atoms with Crippen molar-refractivity contribution in [3.63, 3.8) is 0 Å². The van der Waals surface area contributed by atoms with Crippen LogP contribution in [0.1, 0.15) is 18.1 Å². The van der Waals surface area contributed by atoms with Crippen molar-refractivity contribution in [1.82, 2.24) is 0 Å². The molecule has 0 bridgehead atoms. The summed E-state index contributed by atoms with van der Waals surface area (Å²) in [6.07, 6.45) is 1.03. The molecule has 3 rings (SSSR count). The lowest BCUT2D eigenvalue weighted by molar-refractivity contribution is -0.384. The SMILES string of the molecule is CC1Cc2ccccc2N1Cc1cccc([N+](=O)[O-])c1. The molecule has 4 heteroatoms. The van der Waals surface area contributed by atoms with E-state index in [4.69, 9.17) is 0 Å². The molecule has 1 aliphatic rings. The summed E-state index contributed by atoms with van der Waals surface area (Å²) in [4.78, 5) is 12.8. The highest BCUT2D eigenvalue weighted by atomic mass is 16.6. The molecular formula is C16H16N2O2. The fourth-order valence-corrected chi connectivity index (χ4v) is 2.84. The van der Waals surface area contributed by atoms with Gasteiger partial charge in [0.05, 0.1) is 4.92 Å². The summed E-state index contributed by atoms with van der Waals surface area (Å²) < 4.78 is 0. The van der Waals surface area contributed by atoms with Gasteiger partial charge in [-0.2, -0.15) is 0 Å². The van der Waals surface area contributed by atoms with Gasteiger partial charge >= 0.3 is 0 Å². The topological polar surface area (TPSA) is 46.4 Å². The van der Waals surface area contributed by atoms with Gasteiger partial charge in [0.1, 0.15) is 0 Å². The van der Waals surface area contributed by atoms with Crippen molar-refractivity contribution in [1.29, 1.82) is 0 Å². The Morgan fingerprint density at radius 3 is 2.85 bits per heavy atom. The molecule has 2 aromatic carbocycles. The molecule has 0 N–H and O–H groups in total. The van der Waals surface area contributed by atoms with Gasteiger partial charge in [0.15, 0.2) is 0 Å². The number of hydrogen-bond acceptors (Lipinski definition) is 3. The van der Waals surface area contributed by atoms with Crippen LogP contribution >= 0.6 is 0 Å². The minimum absolute atomic E-state index is 0.155. The summed E-state index contributed by atoms with van der Waals surface area (Å²) in [5, 5.41) is 10.8. The van der Waals surface area contributed by atoms with Crippen LogP contribution in [-0.2, 0) is 13.0 Å². The van der Waals surface area contributed by atoms with Gasteiger partial charge in [0.2, 0.25) is 0 Å². The summed E-state index contributed by atoms with van der Waals surface area (Å²) in [6, 6.07) is 15.7. The van der Waals surface area contributed by atoms with Crippen LogP contribution in [-0.4, -0.2) is 11.0 Å². The van der Waals surface area contributed by atoms with E-state index in [1.165, 1.54) is 17.3 Å². The first kappa shape index (κ1) is 12.7. The van der Waals surface area contributed by atoms with Gasteiger partial charge in [-0.1, -0.05) is 30.3 Å². The van der Waals surface area contributed by atoms with Crippen LogP contribution in [0.15, 0.2) is 48.5 Å². The third-order valence-corrected chi connectivity index (χ3v) is 3.82. The number of non-ortho nitro benzene ring substituents is 1. The van der Waals surface area contributed by atoms with Crippen LogP contribution in [0.2, 0.25) is 0 Å². The second-order valence-electron chi connectivity index (χ2n) is 5.24. The van der Waals surface area contributed by atoms with Gasteiger partial charge in [-0.15, -0.1) is 0 Å². The van der Waals surface area contributed by atoms with Crippen molar-refractivity contribution in [2.75, 3.05) is 4.90 Å². The van der Waals surface area contributed by atoms with E-state index in [0.29, 0.717) is 12.6 Å². The number of rotatable bonds is 3. The van der Waals surface area contributed by atoms with Gasteiger partial charge in [-0.3, -0.25) is 10.1 Å². The maximum Gasteiger partial charge on any atom is 0.269 e. The lowest BCUT2D eigenvalue weighted by Crippen LogP contribution is -2.28. The molecule has 20 heavy (non-hydrogen) atoms. The number of nitro benzene ring substituents is 1. The van der Waals surface area contributed by atoms with Crippen molar-refractivity contribution >= 4 is 11.4 Å². The van der Waals surface area contributed by atoms with Crippen molar-refractivity contribution in [3.8, 4) is 0 Å². The highest BCUT2D eigenvalue weighted by Crippen LogP contribution is 2.33. The number of fused-ring (bicyclic) bond motifs is 1. The molecule has 0 spiro atoms. The van der Waals surface area contributed by atoms with Gasteiger partial charge in [-0.05, 0) is 30.5 Å². The number of benzene rings is 2. The zero-order valence-corrected chi connectivity index (χ0v) is 11.3. The van der Waals surface area contributed by atoms with Gasteiger partial charge in [0, 0.05) is 30.4 Å². The minimum Gasteiger partial charge on any atom is -0.364 e. The molecule has 0 amide bonds. The Morgan fingerprint density at radius 2 is 2.05 bits per heavy atom. The minimum atomic E-state index is -0.342. The molecule has 102 valence electrons. The first-order valence-corrected chi connectivity index (χ1v) is 6.73. The fraction of sp³-hybridized carbons (Fsp3) is 0.250. The predicted molar refractivity (Wildman–Crippen MR) is 78.9 cm³/mol. The van der Waals surface area contributed by atoms with E-state index in [1.807, 2.05) is 12.1 Å². The standard InChI is InChI=1S/C16H16N2O2/c1-12-9-14-6-2-3-8-16(14)17(12)11-13-5-4-7-15(10-13)18(19)20/h2-8,10,12H,9,11H2,1H3. The van der Waals surface area contributed by atoms with Gasteiger partial charge < -0.3 is 4.90 Å². The molecule has 4 nitrogen and oxygen atoms in total. The highest BCUT2D eigenvalue weighted by molar-refractivity contribution is 5.59. The molecule has 0 radical (unpaired) electrons. The second-order valence-corrected chi connectivity index (χ2v) is 5.24. The van der Waals surface area contributed by atoms with E-state index >= 15 is 0 Å². The lowest BCUT2D eigenvalue weighted by atomic mass is 10.1. The second kappa shape index (κ2) is 4.96. The number of para-hydroxylation sites is 1. The van der Waals surface area contributed by atoms with Gasteiger partial charge in [-0.25, -0.2) is 0 Å². The molecule has 0 saturated carbocycles. The Balaban J connectivity index is 1.88. The molecule has 1 heterocycles. The molecule has 0 aromatic heterocycles. The van der Waals surface area contributed by atoms with Crippen LogP contribution in [0.25, 0.3) is 0 Å². The van der Waals surface area contributed by atoms with Crippen molar-refractivity contribution in [2.24, 2.45) is 0 Å². The number of nitro groups is 1. The summed E-state index contributed by atoms with van der Waals surface area (Å²) in [6.45, 7) is 2.90. The first-order chi connectivity index (χ1) is 9.65. The summed E-state index contributed by atoms with van der Waals surface area (Å²) in [5.41, 5.74) is 3.72. The molecule has 1 unspecified atom stereocenters. The maximum absolute atomic E-state index is 10.8. The number of hydrogen-bond donors (Lipinski definition) is 0. The molecule has 0 fully saturated rings. The van der Waals surface area contributed by atoms with E-state index < -0.39 is 0 Å². The molecule has 1 atom stereocenters. The smallest absolute Gasteiger partial charge is 0.269 e. The predicted octanol–water partition coefficient (Wildman–Crippen LogP) is 3.55. The Hall–Kier alpha value is -2.36. The average molecular weight is 268 g/mol. The van der Waals surface area contributed by atoms with Crippen LogP contribution in [0, 0.1) is 10.1 Å². The third-order valence-electron chi connectivity index (χ3n) is 3.82. The molecule has 2 aromatic rings. The van der Waals surface area contributed by atoms with Crippen LogP contribution < -0.4 is 4.90 Å². The largest absolute Gasteiger partial charge is 0.364 e. The van der Waals surface area contributed by atoms with Crippen molar-refractivity contribution in [2.45, 2.75) is 25.9 Å². The fourth-order valence-electron chi connectivity index (χ4n) is 2.84. The molecule has 1 aliphatic heterocycles. The van der Waals surface area contributed by atoms with Crippen LogP contribution in [0.5, 0.6) is 0 Å². The van der Waals surface area contributed by atoms with E-state index in [-0.39, 0.29) is 10.6 Å². The average Bonchev–Trinajstić information content (AvgIpc) is 2.76. The summed E-state index contributed by atoms with van der Waals surface area (Å²) in [5.74, 6) is 0. The van der Waals surface area contributed by atoms with Crippen molar-refractivity contribution < 1.29 is 4.92 Å². The van der Waals surface area contributed by atoms with E-state index in [1.54, 1.807) is 12.1 Å². The van der Waals surface area contributed by atoms with Crippen LogP contribution in [0.4, 0.5) is 11.4 Å². The quantitative estimate of drug-likeness (QED) is 0.631. The monoisotopic (exact) mass is 268 g/mol. The third kappa shape index (κ3) is 2.25.